The summed E-state index contributed by atoms with van der Waals surface area (Å²) in [5.41, 5.74) is 0. The van der Waals surface area contributed by atoms with Crippen LogP contribution in [0, 0.1) is 5.92 Å². The predicted molar refractivity (Wildman–Crippen MR) is 57.5 cm³/mol. The second-order valence-corrected chi connectivity index (χ2v) is 4.72. The monoisotopic (exact) mass is 229 g/mol. The largest absolute Gasteiger partial charge is 0.309 e. The normalized spacial score (nSPS) is 26.0. The Morgan fingerprint density at radius 1 is 1.53 bits per heavy atom. The SMILES string of the molecule is Cn1nnc(CNCC2CCC(Cl)C2)n1. The van der Waals surface area contributed by atoms with Crippen LogP contribution < -0.4 is 5.32 Å². The van der Waals surface area contributed by atoms with Crippen LogP contribution in [0.5, 0.6) is 0 Å². The molecule has 0 bridgehead atoms. The summed E-state index contributed by atoms with van der Waals surface area (Å²) in [5, 5.41) is 15.5. The van der Waals surface area contributed by atoms with Gasteiger partial charge in [0.2, 0.25) is 0 Å². The number of alkyl halides is 1. The van der Waals surface area contributed by atoms with Gasteiger partial charge in [-0.3, -0.25) is 0 Å². The number of nitrogens with zero attached hydrogens (tertiary/aromatic N) is 4. The first-order valence-electron chi connectivity index (χ1n) is 5.31. The highest BCUT2D eigenvalue weighted by molar-refractivity contribution is 6.20. The number of halogens is 1. The fourth-order valence-corrected chi connectivity index (χ4v) is 2.36. The molecule has 1 N–H and O–H groups in total. The van der Waals surface area contributed by atoms with Crippen molar-refractivity contribution in [3.63, 3.8) is 0 Å². The van der Waals surface area contributed by atoms with Gasteiger partial charge >= 0.3 is 0 Å². The van der Waals surface area contributed by atoms with Crippen molar-refractivity contribution in [1.82, 2.24) is 25.5 Å². The van der Waals surface area contributed by atoms with E-state index in [-0.39, 0.29) is 0 Å². The molecular weight excluding hydrogens is 214 g/mol. The summed E-state index contributed by atoms with van der Waals surface area (Å²) >= 11 is 6.04. The van der Waals surface area contributed by atoms with Crippen molar-refractivity contribution in [2.24, 2.45) is 13.0 Å². The van der Waals surface area contributed by atoms with Crippen LogP contribution in [-0.2, 0) is 13.6 Å². The molecule has 5 nitrogen and oxygen atoms in total. The zero-order valence-corrected chi connectivity index (χ0v) is 9.61. The van der Waals surface area contributed by atoms with E-state index in [1.165, 1.54) is 11.2 Å². The minimum Gasteiger partial charge on any atom is -0.309 e. The molecule has 1 aromatic heterocycles. The summed E-state index contributed by atoms with van der Waals surface area (Å²) in [4.78, 5) is 1.47. The van der Waals surface area contributed by atoms with Crippen molar-refractivity contribution < 1.29 is 0 Å². The van der Waals surface area contributed by atoms with Gasteiger partial charge in [0, 0.05) is 5.38 Å². The van der Waals surface area contributed by atoms with Crippen molar-refractivity contribution in [3.05, 3.63) is 5.82 Å². The predicted octanol–water partition coefficient (Wildman–Crippen LogP) is 0.707. The summed E-state index contributed by atoms with van der Waals surface area (Å²) in [6, 6.07) is 0. The van der Waals surface area contributed by atoms with E-state index in [9.17, 15) is 0 Å². The molecule has 1 saturated carbocycles. The molecular formula is C9H16ClN5. The molecule has 84 valence electrons. The van der Waals surface area contributed by atoms with E-state index in [1.807, 2.05) is 0 Å². The van der Waals surface area contributed by atoms with Crippen LogP contribution in [0.15, 0.2) is 0 Å². The second kappa shape index (κ2) is 4.90. The molecule has 1 heterocycles. The Bertz CT molecular complexity index is 313. The lowest BCUT2D eigenvalue weighted by Gasteiger charge is -2.08. The van der Waals surface area contributed by atoms with Gasteiger partial charge in [0.1, 0.15) is 0 Å². The average Bonchev–Trinajstić information content (AvgIpc) is 2.76. The van der Waals surface area contributed by atoms with E-state index in [0.29, 0.717) is 17.8 Å². The van der Waals surface area contributed by atoms with E-state index in [4.69, 9.17) is 11.6 Å². The zero-order chi connectivity index (χ0) is 10.7. The molecule has 0 amide bonds. The van der Waals surface area contributed by atoms with Gasteiger partial charge in [-0.15, -0.1) is 21.8 Å². The molecule has 0 aromatic carbocycles. The first kappa shape index (κ1) is 10.8. The van der Waals surface area contributed by atoms with Crippen molar-refractivity contribution >= 4 is 11.6 Å². The van der Waals surface area contributed by atoms with E-state index < -0.39 is 0 Å². The highest BCUT2D eigenvalue weighted by atomic mass is 35.5. The van der Waals surface area contributed by atoms with Crippen molar-refractivity contribution in [2.75, 3.05) is 6.54 Å². The van der Waals surface area contributed by atoms with E-state index >= 15 is 0 Å². The summed E-state index contributed by atoms with van der Waals surface area (Å²) in [5.74, 6) is 1.46. The zero-order valence-electron chi connectivity index (χ0n) is 8.86. The third kappa shape index (κ3) is 3.14. The smallest absolute Gasteiger partial charge is 0.188 e. The Balaban J connectivity index is 1.67. The van der Waals surface area contributed by atoms with Crippen LogP contribution in [0.25, 0.3) is 0 Å². The first-order chi connectivity index (χ1) is 7.24. The van der Waals surface area contributed by atoms with Crippen LogP contribution >= 0.6 is 11.6 Å². The quantitative estimate of drug-likeness (QED) is 0.773. The van der Waals surface area contributed by atoms with Gasteiger partial charge in [-0.05, 0) is 36.9 Å². The molecule has 0 aliphatic heterocycles. The molecule has 1 aliphatic carbocycles. The number of aromatic nitrogens is 4. The van der Waals surface area contributed by atoms with E-state index in [2.05, 4.69) is 20.7 Å². The maximum atomic E-state index is 6.04. The molecule has 0 radical (unpaired) electrons. The summed E-state index contributed by atoms with van der Waals surface area (Å²) in [6.45, 7) is 1.69. The highest BCUT2D eigenvalue weighted by Gasteiger charge is 2.22. The maximum absolute atomic E-state index is 6.04. The van der Waals surface area contributed by atoms with Gasteiger partial charge in [0.25, 0.3) is 0 Å². The fourth-order valence-electron chi connectivity index (χ4n) is 1.98. The van der Waals surface area contributed by atoms with Crippen LogP contribution in [0.3, 0.4) is 0 Å². The molecule has 2 rings (SSSR count). The van der Waals surface area contributed by atoms with Crippen LogP contribution in [0.1, 0.15) is 25.1 Å². The van der Waals surface area contributed by atoms with Crippen molar-refractivity contribution in [1.29, 1.82) is 0 Å². The molecule has 6 heteroatoms. The number of hydrogen-bond donors (Lipinski definition) is 1. The van der Waals surface area contributed by atoms with Crippen LogP contribution in [-0.4, -0.2) is 32.1 Å². The van der Waals surface area contributed by atoms with Gasteiger partial charge in [-0.1, -0.05) is 0 Å². The summed E-state index contributed by atoms with van der Waals surface area (Å²) in [6.07, 6.45) is 3.51. The Morgan fingerprint density at radius 2 is 2.40 bits per heavy atom. The summed E-state index contributed by atoms with van der Waals surface area (Å²) < 4.78 is 0. The van der Waals surface area contributed by atoms with E-state index in [0.717, 1.165) is 25.2 Å². The third-order valence-electron chi connectivity index (χ3n) is 2.74. The molecule has 2 atom stereocenters. The Labute approximate surface area is 94.2 Å². The van der Waals surface area contributed by atoms with Gasteiger partial charge in [0.05, 0.1) is 13.6 Å². The number of aryl methyl sites for hydroxylation is 1. The lowest BCUT2D eigenvalue weighted by Crippen LogP contribution is -2.21. The molecule has 0 spiro atoms. The number of rotatable bonds is 4. The molecule has 1 fully saturated rings. The number of nitrogens with one attached hydrogen (secondary N) is 1. The topological polar surface area (TPSA) is 55.6 Å². The molecule has 15 heavy (non-hydrogen) atoms. The van der Waals surface area contributed by atoms with Crippen LogP contribution in [0.4, 0.5) is 0 Å². The standard InChI is InChI=1S/C9H16ClN5/c1-15-13-9(12-14-15)6-11-5-7-2-3-8(10)4-7/h7-8,11H,2-6H2,1H3. The minimum atomic E-state index is 0.381. The van der Waals surface area contributed by atoms with Crippen molar-refractivity contribution in [2.45, 2.75) is 31.2 Å². The van der Waals surface area contributed by atoms with Gasteiger partial charge < -0.3 is 5.32 Å². The highest BCUT2D eigenvalue weighted by Crippen LogP contribution is 2.28. The van der Waals surface area contributed by atoms with E-state index in [1.54, 1.807) is 7.05 Å². The Morgan fingerprint density at radius 3 is 3.00 bits per heavy atom. The molecule has 2 unspecified atom stereocenters. The van der Waals surface area contributed by atoms with Gasteiger partial charge in [-0.25, -0.2) is 0 Å². The second-order valence-electron chi connectivity index (χ2n) is 4.10. The van der Waals surface area contributed by atoms with Crippen LogP contribution in [0.2, 0.25) is 0 Å². The van der Waals surface area contributed by atoms with Crippen molar-refractivity contribution in [3.8, 4) is 0 Å². The Kier molecular flexibility index (Phi) is 3.53. The lowest BCUT2D eigenvalue weighted by atomic mass is 10.1. The lowest BCUT2D eigenvalue weighted by molar-refractivity contribution is 0.484. The minimum absolute atomic E-state index is 0.381. The molecule has 1 aromatic rings. The molecule has 1 aliphatic rings. The third-order valence-corrected chi connectivity index (χ3v) is 3.14. The molecule has 0 saturated heterocycles. The average molecular weight is 230 g/mol. The first-order valence-corrected chi connectivity index (χ1v) is 5.75. The summed E-state index contributed by atoms with van der Waals surface area (Å²) in [7, 11) is 1.77. The number of tetrazole rings is 1. The maximum Gasteiger partial charge on any atom is 0.188 e. The Hall–Kier alpha value is -0.680. The fraction of sp³-hybridized carbons (Fsp3) is 0.889. The van der Waals surface area contributed by atoms with Gasteiger partial charge in [0.15, 0.2) is 5.82 Å². The number of hydrogen-bond acceptors (Lipinski definition) is 4. The van der Waals surface area contributed by atoms with Gasteiger partial charge in [-0.2, -0.15) is 4.80 Å².